The van der Waals surface area contributed by atoms with Crippen molar-refractivity contribution < 1.29 is 18.7 Å². The molecule has 1 rings (SSSR count). The normalized spacial score (nSPS) is 12.6. The highest BCUT2D eigenvalue weighted by molar-refractivity contribution is 6.00. The van der Waals surface area contributed by atoms with Crippen LogP contribution in [0.5, 0.6) is 5.75 Å². The Morgan fingerprint density at radius 1 is 1.29 bits per heavy atom. The fourth-order valence-electron chi connectivity index (χ4n) is 1.66. The average Bonchev–Trinajstić information content (AvgIpc) is 2.28. The lowest BCUT2D eigenvalue weighted by Gasteiger charge is -2.18. The lowest BCUT2D eigenvalue weighted by Crippen LogP contribution is -2.29. The molecule has 0 heterocycles. The first kappa shape index (κ1) is 13.6. The molecule has 0 radical (unpaired) electrons. The minimum absolute atomic E-state index is 0.00555. The topological polar surface area (TPSA) is 35.5 Å². The molecular weight excluding hydrogens is 223 g/mol. The van der Waals surface area contributed by atoms with E-state index in [9.17, 15) is 9.18 Å². The maximum absolute atomic E-state index is 13.7. The number of ketones is 1. The summed E-state index contributed by atoms with van der Waals surface area (Å²) >= 11 is 0. The fourth-order valence-corrected chi connectivity index (χ4v) is 1.66. The second kappa shape index (κ2) is 5.77. The van der Waals surface area contributed by atoms with Gasteiger partial charge in [-0.15, -0.1) is 0 Å². The molecule has 0 spiro atoms. The molecule has 94 valence electrons. The first-order valence-electron chi connectivity index (χ1n) is 5.41. The van der Waals surface area contributed by atoms with Gasteiger partial charge in [-0.2, -0.15) is 0 Å². The Bertz CT molecular complexity index is 402. The monoisotopic (exact) mass is 240 g/mol. The molecule has 0 saturated carbocycles. The molecule has 1 aromatic carbocycles. The van der Waals surface area contributed by atoms with Crippen LogP contribution in [0.1, 0.15) is 24.2 Å². The van der Waals surface area contributed by atoms with Crippen LogP contribution in [-0.2, 0) is 4.74 Å². The SMILES string of the molecule is COc1ccc(C(=O)C(OC)C(C)C)c(F)c1. The molecule has 1 aromatic rings. The van der Waals surface area contributed by atoms with Gasteiger partial charge in [-0.25, -0.2) is 4.39 Å². The summed E-state index contributed by atoms with van der Waals surface area (Å²) in [5, 5.41) is 0. The van der Waals surface area contributed by atoms with E-state index in [4.69, 9.17) is 9.47 Å². The van der Waals surface area contributed by atoms with Gasteiger partial charge in [0.15, 0.2) is 5.78 Å². The van der Waals surface area contributed by atoms with Crippen LogP contribution in [0.4, 0.5) is 4.39 Å². The molecule has 0 aromatic heterocycles. The Morgan fingerprint density at radius 3 is 2.35 bits per heavy atom. The van der Waals surface area contributed by atoms with Crippen molar-refractivity contribution >= 4 is 5.78 Å². The van der Waals surface area contributed by atoms with Gasteiger partial charge in [-0.05, 0) is 18.1 Å². The predicted octanol–water partition coefficient (Wildman–Crippen LogP) is 2.69. The summed E-state index contributed by atoms with van der Waals surface area (Å²) in [6.07, 6.45) is -0.627. The molecule has 0 amide bonds. The standard InChI is InChI=1S/C13H17FO3/c1-8(2)13(17-4)12(15)10-6-5-9(16-3)7-11(10)14/h5-8,13H,1-4H3. The van der Waals surface area contributed by atoms with Gasteiger partial charge in [0.05, 0.1) is 12.7 Å². The largest absolute Gasteiger partial charge is 0.497 e. The highest BCUT2D eigenvalue weighted by Crippen LogP contribution is 2.20. The van der Waals surface area contributed by atoms with E-state index in [-0.39, 0.29) is 17.3 Å². The number of ether oxygens (including phenoxy) is 2. The Kier molecular flexibility index (Phi) is 4.63. The molecule has 0 N–H and O–H groups in total. The van der Waals surface area contributed by atoms with Crippen LogP contribution < -0.4 is 4.74 Å². The van der Waals surface area contributed by atoms with E-state index in [1.807, 2.05) is 13.8 Å². The van der Waals surface area contributed by atoms with Crippen molar-refractivity contribution in [2.24, 2.45) is 5.92 Å². The number of methoxy groups -OCH3 is 2. The second-order valence-corrected chi connectivity index (χ2v) is 4.11. The zero-order valence-corrected chi connectivity index (χ0v) is 10.5. The van der Waals surface area contributed by atoms with E-state index >= 15 is 0 Å². The summed E-state index contributed by atoms with van der Waals surface area (Å²) in [7, 11) is 2.90. The molecule has 4 heteroatoms. The molecule has 17 heavy (non-hydrogen) atoms. The first-order valence-corrected chi connectivity index (χ1v) is 5.41. The molecule has 0 aliphatic heterocycles. The Hall–Kier alpha value is -1.42. The predicted molar refractivity (Wildman–Crippen MR) is 62.9 cm³/mol. The third kappa shape index (κ3) is 3.03. The van der Waals surface area contributed by atoms with E-state index < -0.39 is 11.9 Å². The van der Waals surface area contributed by atoms with Gasteiger partial charge in [0.2, 0.25) is 0 Å². The fraction of sp³-hybridized carbons (Fsp3) is 0.462. The molecular formula is C13H17FO3. The number of carbonyl (C=O) groups is 1. The minimum Gasteiger partial charge on any atom is -0.497 e. The van der Waals surface area contributed by atoms with Crippen molar-refractivity contribution in [1.82, 2.24) is 0 Å². The van der Waals surface area contributed by atoms with Crippen LogP contribution in [0, 0.1) is 11.7 Å². The highest BCUT2D eigenvalue weighted by atomic mass is 19.1. The zero-order chi connectivity index (χ0) is 13.0. The van der Waals surface area contributed by atoms with Gasteiger partial charge in [0.1, 0.15) is 17.7 Å². The summed E-state index contributed by atoms with van der Waals surface area (Å²) in [4.78, 5) is 12.0. The molecule has 0 aliphatic rings. The molecule has 0 fully saturated rings. The van der Waals surface area contributed by atoms with Crippen LogP contribution in [0.25, 0.3) is 0 Å². The molecule has 1 unspecified atom stereocenters. The molecule has 1 atom stereocenters. The molecule has 0 bridgehead atoms. The maximum Gasteiger partial charge on any atom is 0.194 e. The summed E-state index contributed by atoms with van der Waals surface area (Å²) in [5.41, 5.74) is 0.0337. The number of halogens is 1. The van der Waals surface area contributed by atoms with Crippen molar-refractivity contribution in [3.05, 3.63) is 29.6 Å². The van der Waals surface area contributed by atoms with Crippen LogP contribution in [0.2, 0.25) is 0 Å². The van der Waals surface area contributed by atoms with E-state index in [1.165, 1.54) is 26.4 Å². The number of rotatable bonds is 5. The van der Waals surface area contributed by atoms with Crippen LogP contribution in [-0.4, -0.2) is 26.1 Å². The van der Waals surface area contributed by atoms with Gasteiger partial charge in [0, 0.05) is 13.2 Å². The van der Waals surface area contributed by atoms with Crippen molar-refractivity contribution in [3.8, 4) is 5.75 Å². The lowest BCUT2D eigenvalue weighted by atomic mass is 9.97. The first-order chi connectivity index (χ1) is 8.01. The van der Waals surface area contributed by atoms with E-state index in [2.05, 4.69) is 0 Å². The number of Topliss-reactive ketones (excluding diaryl/α,β-unsaturated/α-hetero) is 1. The Balaban J connectivity index is 3.03. The van der Waals surface area contributed by atoms with Gasteiger partial charge < -0.3 is 9.47 Å². The average molecular weight is 240 g/mol. The Labute approximate surface area is 101 Å². The van der Waals surface area contributed by atoms with Crippen LogP contribution in [0.3, 0.4) is 0 Å². The van der Waals surface area contributed by atoms with E-state index in [0.29, 0.717) is 5.75 Å². The van der Waals surface area contributed by atoms with Crippen molar-refractivity contribution in [1.29, 1.82) is 0 Å². The zero-order valence-electron chi connectivity index (χ0n) is 10.5. The number of benzene rings is 1. The van der Waals surface area contributed by atoms with Crippen LogP contribution >= 0.6 is 0 Å². The number of hydrogen-bond donors (Lipinski definition) is 0. The quantitative estimate of drug-likeness (QED) is 0.742. The lowest BCUT2D eigenvalue weighted by molar-refractivity contribution is 0.0455. The summed E-state index contributed by atoms with van der Waals surface area (Å²) < 4.78 is 23.7. The highest BCUT2D eigenvalue weighted by Gasteiger charge is 2.25. The molecule has 0 aliphatic carbocycles. The minimum atomic E-state index is -0.627. The van der Waals surface area contributed by atoms with Crippen molar-refractivity contribution in [3.63, 3.8) is 0 Å². The third-order valence-electron chi connectivity index (χ3n) is 2.56. The van der Waals surface area contributed by atoms with E-state index in [0.717, 1.165) is 0 Å². The van der Waals surface area contributed by atoms with Crippen molar-refractivity contribution in [2.75, 3.05) is 14.2 Å². The van der Waals surface area contributed by atoms with Gasteiger partial charge in [-0.1, -0.05) is 13.8 Å². The summed E-state index contributed by atoms with van der Waals surface area (Å²) in [6, 6.07) is 4.18. The smallest absolute Gasteiger partial charge is 0.194 e. The van der Waals surface area contributed by atoms with Gasteiger partial charge in [0.25, 0.3) is 0 Å². The Morgan fingerprint density at radius 2 is 1.94 bits per heavy atom. The maximum atomic E-state index is 13.7. The molecule has 0 saturated heterocycles. The summed E-state index contributed by atoms with van der Waals surface area (Å²) in [5.74, 6) is -0.550. The van der Waals surface area contributed by atoms with Crippen molar-refractivity contribution in [2.45, 2.75) is 20.0 Å². The van der Waals surface area contributed by atoms with Crippen LogP contribution in [0.15, 0.2) is 18.2 Å². The number of carbonyl (C=O) groups excluding carboxylic acids is 1. The number of hydrogen-bond acceptors (Lipinski definition) is 3. The third-order valence-corrected chi connectivity index (χ3v) is 2.56. The summed E-state index contributed by atoms with van der Waals surface area (Å²) in [6.45, 7) is 3.71. The van der Waals surface area contributed by atoms with Gasteiger partial charge in [-0.3, -0.25) is 4.79 Å². The van der Waals surface area contributed by atoms with Gasteiger partial charge >= 0.3 is 0 Å². The van der Waals surface area contributed by atoms with E-state index in [1.54, 1.807) is 6.07 Å². The second-order valence-electron chi connectivity index (χ2n) is 4.11. The molecule has 3 nitrogen and oxygen atoms in total.